The first-order valence-corrected chi connectivity index (χ1v) is 6.06. The van der Waals surface area contributed by atoms with E-state index in [4.69, 9.17) is 27.6 Å². The number of rotatable bonds is 3. The standard InChI is InChI=1S/C13H13Cl2NO/c1-8-3-4-9(7-10(8)14)13(16-2)11-5-6-12(15)17-11/h3-7,13,16H,1-2H3. The molecule has 1 atom stereocenters. The molecule has 2 aromatic rings. The number of hydrogen-bond donors (Lipinski definition) is 1. The molecule has 0 saturated heterocycles. The van der Waals surface area contributed by atoms with Gasteiger partial charge in [0, 0.05) is 5.02 Å². The van der Waals surface area contributed by atoms with Crippen LogP contribution in [0.5, 0.6) is 0 Å². The Hall–Kier alpha value is -0.960. The number of benzene rings is 1. The third kappa shape index (κ3) is 2.65. The van der Waals surface area contributed by atoms with Crippen LogP contribution >= 0.6 is 23.2 Å². The average molecular weight is 270 g/mol. The van der Waals surface area contributed by atoms with E-state index in [9.17, 15) is 0 Å². The maximum absolute atomic E-state index is 6.12. The van der Waals surface area contributed by atoms with E-state index in [-0.39, 0.29) is 6.04 Å². The Morgan fingerprint density at radius 2 is 1.94 bits per heavy atom. The zero-order chi connectivity index (χ0) is 12.4. The van der Waals surface area contributed by atoms with E-state index < -0.39 is 0 Å². The second-order valence-electron chi connectivity index (χ2n) is 3.87. The predicted octanol–water partition coefficient (Wildman–Crippen LogP) is 4.20. The van der Waals surface area contributed by atoms with Gasteiger partial charge in [0.25, 0.3) is 0 Å². The molecule has 0 bridgehead atoms. The summed E-state index contributed by atoms with van der Waals surface area (Å²) < 4.78 is 5.42. The zero-order valence-corrected chi connectivity index (χ0v) is 11.1. The molecule has 1 aromatic heterocycles. The summed E-state index contributed by atoms with van der Waals surface area (Å²) in [7, 11) is 1.87. The van der Waals surface area contributed by atoms with Crippen molar-refractivity contribution >= 4 is 23.2 Å². The van der Waals surface area contributed by atoms with E-state index in [1.807, 2.05) is 38.2 Å². The number of furan rings is 1. The number of aryl methyl sites for hydroxylation is 1. The smallest absolute Gasteiger partial charge is 0.193 e. The fourth-order valence-electron chi connectivity index (χ4n) is 1.75. The van der Waals surface area contributed by atoms with Crippen LogP contribution in [-0.2, 0) is 0 Å². The van der Waals surface area contributed by atoms with Gasteiger partial charge in [-0.1, -0.05) is 23.7 Å². The van der Waals surface area contributed by atoms with Crippen LogP contribution in [0.3, 0.4) is 0 Å². The summed E-state index contributed by atoms with van der Waals surface area (Å²) in [5.41, 5.74) is 2.11. The highest BCUT2D eigenvalue weighted by atomic mass is 35.5. The highest BCUT2D eigenvalue weighted by Crippen LogP contribution is 2.28. The lowest BCUT2D eigenvalue weighted by Crippen LogP contribution is -2.16. The van der Waals surface area contributed by atoms with Crippen molar-refractivity contribution in [2.45, 2.75) is 13.0 Å². The normalized spacial score (nSPS) is 12.7. The largest absolute Gasteiger partial charge is 0.448 e. The first-order valence-electron chi connectivity index (χ1n) is 5.30. The van der Waals surface area contributed by atoms with E-state index in [2.05, 4.69) is 5.32 Å². The van der Waals surface area contributed by atoms with Crippen LogP contribution < -0.4 is 5.32 Å². The molecule has 0 radical (unpaired) electrons. The summed E-state index contributed by atoms with van der Waals surface area (Å²) in [6, 6.07) is 9.51. The molecule has 0 spiro atoms. The van der Waals surface area contributed by atoms with Gasteiger partial charge in [-0.15, -0.1) is 0 Å². The summed E-state index contributed by atoms with van der Waals surface area (Å²) in [4.78, 5) is 0. The molecular formula is C13H13Cl2NO. The first-order chi connectivity index (χ1) is 8.11. The molecule has 2 nitrogen and oxygen atoms in total. The molecule has 2 rings (SSSR count). The van der Waals surface area contributed by atoms with Gasteiger partial charge in [0.1, 0.15) is 5.76 Å². The third-order valence-electron chi connectivity index (χ3n) is 2.70. The van der Waals surface area contributed by atoms with Gasteiger partial charge in [-0.05, 0) is 54.9 Å². The lowest BCUT2D eigenvalue weighted by atomic mass is 10.0. The van der Waals surface area contributed by atoms with Crippen molar-refractivity contribution in [2.24, 2.45) is 0 Å². The number of halogens is 2. The quantitative estimate of drug-likeness (QED) is 0.904. The fraction of sp³-hybridized carbons (Fsp3) is 0.231. The van der Waals surface area contributed by atoms with Crippen LogP contribution in [0.25, 0.3) is 0 Å². The Morgan fingerprint density at radius 1 is 1.18 bits per heavy atom. The first kappa shape index (κ1) is 12.5. The molecule has 0 aliphatic heterocycles. The molecule has 1 aromatic carbocycles. The van der Waals surface area contributed by atoms with Crippen LogP contribution in [0.4, 0.5) is 0 Å². The second-order valence-corrected chi connectivity index (χ2v) is 4.65. The average Bonchev–Trinajstić information content (AvgIpc) is 2.71. The van der Waals surface area contributed by atoms with E-state index in [0.29, 0.717) is 5.22 Å². The molecule has 0 saturated carbocycles. The highest BCUT2D eigenvalue weighted by molar-refractivity contribution is 6.31. The van der Waals surface area contributed by atoms with E-state index in [1.165, 1.54) is 0 Å². The molecule has 0 fully saturated rings. The van der Waals surface area contributed by atoms with Gasteiger partial charge >= 0.3 is 0 Å². The van der Waals surface area contributed by atoms with Crippen molar-refractivity contribution in [1.29, 1.82) is 0 Å². The Kier molecular flexibility index (Phi) is 3.77. The number of nitrogens with one attached hydrogen (secondary N) is 1. The molecular weight excluding hydrogens is 257 g/mol. The Bertz CT molecular complexity index is 522. The minimum atomic E-state index is -0.0411. The topological polar surface area (TPSA) is 25.2 Å². The van der Waals surface area contributed by atoms with Gasteiger partial charge in [-0.3, -0.25) is 0 Å². The highest BCUT2D eigenvalue weighted by Gasteiger charge is 2.16. The lowest BCUT2D eigenvalue weighted by Gasteiger charge is -2.15. The molecule has 90 valence electrons. The molecule has 1 N–H and O–H groups in total. The third-order valence-corrected chi connectivity index (χ3v) is 3.31. The molecule has 0 aliphatic rings. The maximum atomic E-state index is 6.12. The Morgan fingerprint density at radius 3 is 2.47 bits per heavy atom. The monoisotopic (exact) mass is 269 g/mol. The van der Waals surface area contributed by atoms with Crippen molar-refractivity contribution in [3.05, 3.63) is 57.5 Å². The minimum Gasteiger partial charge on any atom is -0.448 e. The van der Waals surface area contributed by atoms with Gasteiger partial charge in [-0.2, -0.15) is 0 Å². The summed E-state index contributed by atoms with van der Waals surface area (Å²) in [5.74, 6) is 0.775. The SMILES string of the molecule is CNC(c1ccc(C)c(Cl)c1)c1ccc(Cl)o1. The van der Waals surface area contributed by atoms with E-state index in [1.54, 1.807) is 6.07 Å². The van der Waals surface area contributed by atoms with E-state index >= 15 is 0 Å². The van der Waals surface area contributed by atoms with Gasteiger partial charge in [0.2, 0.25) is 0 Å². The minimum absolute atomic E-state index is 0.0411. The summed E-state index contributed by atoms with van der Waals surface area (Å²) in [5, 5.41) is 4.32. The molecule has 1 heterocycles. The summed E-state index contributed by atoms with van der Waals surface area (Å²) in [6.07, 6.45) is 0. The Balaban J connectivity index is 2.38. The van der Waals surface area contributed by atoms with Gasteiger partial charge in [0.05, 0.1) is 6.04 Å². The summed E-state index contributed by atoms with van der Waals surface area (Å²) >= 11 is 11.9. The molecule has 0 aliphatic carbocycles. The van der Waals surface area contributed by atoms with Gasteiger partial charge in [0.15, 0.2) is 5.22 Å². The van der Waals surface area contributed by atoms with Crippen molar-refractivity contribution in [3.63, 3.8) is 0 Å². The maximum Gasteiger partial charge on any atom is 0.193 e. The van der Waals surface area contributed by atoms with Crippen LogP contribution in [0.15, 0.2) is 34.7 Å². The molecule has 17 heavy (non-hydrogen) atoms. The Labute approximate surface area is 111 Å². The van der Waals surface area contributed by atoms with E-state index in [0.717, 1.165) is 21.9 Å². The lowest BCUT2D eigenvalue weighted by molar-refractivity contribution is 0.465. The van der Waals surface area contributed by atoms with Crippen molar-refractivity contribution in [2.75, 3.05) is 7.05 Å². The number of hydrogen-bond acceptors (Lipinski definition) is 2. The van der Waals surface area contributed by atoms with Crippen molar-refractivity contribution < 1.29 is 4.42 Å². The van der Waals surface area contributed by atoms with Gasteiger partial charge in [-0.25, -0.2) is 0 Å². The molecule has 0 amide bonds. The predicted molar refractivity (Wildman–Crippen MR) is 70.8 cm³/mol. The van der Waals surface area contributed by atoms with Crippen molar-refractivity contribution in [1.82, 2.24) is 5.32 Å². The van der Waals surface area contributed by atoms with Crippen molar-refractivity contribution in [3.8, 4) is 0 Å². The molecule has 4 heteroatoms. The van der Waals surface area contributed by atoms with Gasteiger partial charge < -0.3 is 9.73 Å². The fourth-order valence-corrected chi connectivity index (χ4v) is 2.09. The van der Waals surface area contributed by atoms with Crippen LogP contribution in [0.1, 0.15) is 22.9 Å². The summed E-state index contributed by atoms with van der Waals surface area (Å²) in [6.45, 7) is 1.98. The van der Waals surface area contributed by atoms with Crippen LogP contribution in [0, 0.1) is 6.92 Å². The molecule has 1 unspecified atom stereocenters. The van der Waals surface area contributed by atoms with Crippen LogP contribution in [-0.4, -0.2) is 7.05 Å². The zero-order valence-electron chi connectivity index (χ0n) is 9.63. The second kappa shape index (κ2) is 5.13. The van der Waals surface area contributed by atoms with Crippen LogP contribution in [0.2, 0.25) is 10.2 Å².